The molecule has 1 saturated carbocycles. The van der Waals surface area contributed by atoms with Gasteiger partial charge in [-0.2, -0.15) is 0 Å². The van der Waals surface area contributed by atoms with E-state index in [1.165, 1.54) is 4.68 Å². The summed E-state index contributed by atoms with van der Waals surface area (Å²) in [5.74, 6) is -1.91. The van der Waals surface area contributed by atoms with Gasteiger partial charge in [-0.3, -0.25) is 19.8 Å². The Balaban J connectivity index is 1.59. The first-order valence-corrected chi connectivity index (χ1v) is 12.4. The number of rotatable bonds is 4. The average molecular weight is 576 g/mol. The molecule has 3 N–H and O–H groups in total. The third-order valence-electron chi connectivity index (χ3n) is 5.77. The van der Waals surface area contributed by atoms with E-state index in [2.05, 4.69) is 47.9 Å². The molecule has 1 heterocycles. The van der Waals surface area contributed by atoms with Gasteiger partial charge < -0.3 is 10.6 Å². The molecule has 3 aromatic rings. The summed E-state index contributed by atoms with van der Waals surface area (Å²) in [6.45, 7) is 1.93. The van der Waals surface area contributed by atoms with Crippen LogP contribution < -0.4 is 16.1 Å². The molecule has 0 saturated heterocycles. The van der Waals surface area contributed by atoms with E-state index in [1.807, 2.05) is 31.2 Å². The van der Waals surface area contributed by atoms with Crippen molar-refractivity contribution in [3.8, 4) is 0 Å². The SMILES string of the molecule is Cc1cc(NC(=O)c2cc3cc(Br)ccc3n2NC(=O)C(=O)NC2CCCCC2)ccc1Br. The van der Waals surface area contributed by atoms with Gasteiger partial charge in [0.15, 0.2) is 0 Å². The molecule has 2 aromatic carbocycles. The molecule has 0 radical (unpaired) electrons. The van der Waals surface area contributed by atoms with Gasteiger partial charge in [-0.25, -0.2) is 4.68 Å². The third kappa shape index (κ3) is 5.47. The lowest BCUT2D eigenvalue weighted by Crippen LogP contribution is -2.44. The van der Waals surface area contributed by atoms with E-state index in [0.717, 1.165) is 52.0 Å². The lowest BCUT2D eigenvalue weighted by Gasteiger charge is -2.22. The van der Waals surface area contributed by atoms with E-state index in [4.69, 9.17) is 0 Å². The van der Waals surface area contributed by atoms with Gasteiger partial charge in [0.25, 0.3) is 5.91 Å². The molecule has 0 bridgehead atoms. The van der Waals surface area contributed by atoms with E-state index in [-0.39, 0.29) is 11.7 Å². The molecule has 1 fully saturated rings. The topological polar surface area (TPSA) is 92.2 Å². The van der Waals surface area contributed by atoms with E-state index >= 15 is 0 Å². The zero-order valence-corrected chi connectivity index (χ0v) is 21.3. The van der Waals surface area contributed by atoms with Gasteiger partial charge in [-0.1, -0.05) is 51.1 Å². The summed E-state index contributed by atoms with van der Waals surface area (Å²) in [7, 11) is 0. The molecular formula is C24H24Br2N4O3. The molecule has 4 rings (SSSR count). The normalized spacial score (nSPS) is 14.2. The molecule has 7 nitrogen and oxygen atoms in total. The van der Waals surface area contributed by atoms with Crippen molar-refractivity contribution < 1.29 is 14.4 Å². The molecule has 3 amide bonds. The Morgan fingerprint density at radius 3 is 2.42 bits per heavy atom. The maximum absolute atomic E-state index is 13.1. The minimum absolute atomic E-state index is 0.0118. The van der Waals surface area contributed by atoms with Crippen molar-refractivity contribution in [2.24, 2.45) is 0 Å². The van der Waals surface area contributed by atoms with Crippen LogP contribution in [0.2, 0.25) is 0 Å². The van der Waals surface area contributed by atoms with Crippen LogP contribution >= 0.6 is 31.9 Å². The highest BCUT2D eigenvalue weighted by Crippen LogP contribution is 2.25. The Labute approximate surface area is 208 Å². The number of amides is 3. The van der Waals surface area contributed by atoms with Crippen molar-refractivity contribution in [1.29, 1.82) is 0 Å². The number of nitrogens with one attached hydrogen (secondary N) is 3. The lowest BCUT2D eigenvalue weighted by molar-refractivity contribution is -0.137. The summed E-state index contributed by atoms with van der Waals surface area (Å²) < 4.78 is 3.14. The first kappa shape index (κ1) is 23.5. The Bertz CT molecular complexity index is 1230. The van der Waals surface area contributed by atoms with E-state index in [9.17, 15) is 14.4 Å². The first-order valence-electron chi connectivity index (χ1n) is 10.8. The Kier molecular flexibility index (Phi) is 7.19. The molecule has 9 heteroatoms. The van der Waals surface area contributed by atoms with E-state index < -0.39 is 17.7 Å². The minimum Gasteiger partial charge on any atom is -0.345 e. The molecule has 1 aromatic heterocycles. The number of halogens is 2. The Hall–Kier alpha value is -2.65. The average Bonchev–Trinajstić information content (AvgIpc) is 3.14. The zero-order chi connectivity index (χ0) is 23.5. The number of benzene rings is 2. The lowest BCUT2D eigenvalue weighted by atomic mass is 9.95. The smallest absolute Gasteiger partial charge is 0.328 e. The van der Waals surface area contributed by atoms with Crippen molar-refractivity contribution in [3.63, 3.8) is 0 Å². The van der Waals surface area contributed by atoms with Crippen LogP contribution in [0.4, 0.5) is 5.69 Å². The van der Waals surface area contributed by atoms with Crippen molar-refractivity contribution >= 4 is 66.2 Å². The van der Waals surface area contributed by atoms with Gasteiger partial charge >= 0.3 is 11.8 Å². The molecule has 0 atom stereocenters. The van der Waals surface area contributed by atoms with Gasteiger partial charge in [-0.15, -0.1) is 0 Å². The molecular weight excluding hydrogens is 552 g/mol. The number of hydrogen-bond acceptors (Lipinski definition) is 3. The highest BCUT2D eigenvalue weighted by molar-refractivity contribution is 9.10. The van der Waals surface area contributed by atoms with Gasteiger partial charge in [0.2, 0.25) is 0 Å². The molecule has 1 aliphatic rings. The molecule has 33 heavy (non-hydrogen) atoms. The second kappa shape index (κ2) is 10.1. The Morgan fingerprint density at radius 1 is 0.939 bits per heavy atom. The van der Waals surface area contributed by atoms with Crippen molar-refractivity contribution in [2.45, 2.75) is 45.1 Å². The van der Waals surface area contributed by atoms with Gasteiger partial charge in [0, 0.05) is 26.1 Å². The quantitative estimate of drug-likeness (QED) is 0.371. The third-order valence-corrected chi connectivity index (χ3v) is 7.16. The molecule has 0 spiro atoms. The molecule has 0 aliphatic heterocycles. The molecule has 172 valence electrons. The van der Waals surface area contributed by atoms with Gasteiger partial charge in [0.1, 0.15) is 5.69 Å². The second-order valence-electron chi connectivity index (χ2n) is 8.24. The number of hydrogen-bond donors (Lipinski definition) is 3. The van der Waals surface area contributed by atoms with Crippen molar-refractivity contribution in [3.05, 3.63) is 62.7 Å². The van der Waals surface area contributed by atoms with Crippen LogP contribution in [0.3, 0.4) is 0 Å². The van der Waals surface area contributed by atoms with Crippen LogP contribution in [-0.4, -0.2) is 28.4 Å². The summed E-state index contributed by atoms with van der Waals surface area (Å²) in [4.78, 5) is 38.4. The predicted molar refractivity (Wildman–Crippen MR) is 136 cm³/mol. The van der Waals surface area contributed by atoms with E-state index in [1.54, 1.807) is 18.2 Å². The zero-order valence-electron chi connectivity index (χ0n) is 18.1. The van der Waals surface area contributed by atoms with Gasteiger partial charge in [-0.05, 0) is 67.8 Å². The predicted octanol–water partition coefficient (Wildman–Crippen LogP) is 5.25. The maximum atomic E-state index is 13.1. The summed E-state index contributed by atoms with van der Waals surface area (Å²) in [6, 6.07) is 12.6. The number of aryl methyl sites for hydroxylation is 1. The van der Waals surface area contributed by atoms with Crippen LogP contribution in [0.15, 0.2) is 51.4 Å². The fraction of sp³-hybridized carbons (Fsp3) is 0.292. The van der Waals surface area contributed by atoms with Crippen LogP contribution in [0, 0.1) is 6.92 Å². The summed E-state index contributed by atoms with van der Waals surface area (Å²) >= 11 is 6.89. The second-order valence-corrected chi connectivity index (χ2v) is 10.0. The fourth-order valence-corrected chi connectivity index (χ4v) is 4.67. The summed E-state index contributed by atoms with van der Waals surface area (Å²) in [5, 5.41) is 6.42. The Morgan fingerprint density at radius 2 is 1.70 bits per heavy atom. The number of fused-ring (bicyclic) bond motifs is 1. The maximum Gasteiger partial charge on any atom is 0.328 e. The van der Waals surface area contributed by atoms with Crippen LogP contribution in [0.5, 0.6) is 0 Å². The van der Waals surface area contributed by atoms with Crippen LogP contribution in [-0.2, 0) is 9.59 Å². The fourth-order valence-electron chi connectivity index (χ4n) is 4.04. The molecule has 1 aliphatic carbocycles. The van der Waals surface area contributed by atoms with Crippen molar-refractivity contribution in [1.82, 2.24) is 9.99 Å². The van der Waals surface area contributed by atoms with Crippen LogP contribution in [0.1, 0.15) is 48.2 Å². The molecule has 0 unspecified atom stereocenters. The first-order chi connectivity index (χ1) is 15.8. The van der Waals surface area contributed by atoms with Crippen molar-refractivity contribution in [2.75, 3.05) is 10.7 Å². The highest BCUT2D eigenvalue weighted by atomic mass is 79.9. The van der Waals surface area contributed by atoms with E-state index in [0.29, 0.717) is 11.2 Å². The largest absolute Gasteiger partial charge is 0.345 e. The number of aromatic nitrogens is 1. The van der Waals surface area contributed by atoms with Crippen LogP contribution in [0.25, 0.3) is 10.9 Å². The summed E-state index contributed by atoms with van der Waals surface area (Å²) in [5.41, 5.74) is 5.03. The number of nitrogens with zero attached hydrogens (tertiary/aromatic N) is 1. The number of anilines is 1. The number of carbonyl (C=O) groups excluding carboxylic acids is 3. The number of carbonyl (C=O) groups is 3. The monoisotopic (exact) mass is 574 g/mol. The standard InChI is InChI=1S/C24H24Br2N4O3/c1-14-11-18(8-9-19(14)26)28-22(31)21-13-15-12-16(25)7-10-20(15)30(21)29-24(33)23(32)27-17-5-3-2-4-6-17/h7-13,17H,2-6H2,1H3,(H,27,32)(H,28,31)(H,29,33). The highest BCUT2D eigenvalue weighted by Gasteiger charge is 2.23. The summed E-state index contributed by atoms with van der Waals surface area (Å²) in [6.07, 6.45) is 4.99. The minimum atomic E-state index is -0.811. The van der Waals surface area contributed by atoms with Gasteiger partial charge in [0.05, 0.1) is 5.52 Å².